The summed E-state index contributed by atoms with van der Waals surface area (Å²) in [5, 5.41) is 10.3. The van der Waals surface area contributed by atoms with E-state index in [0.717, 1.165) is 41.7 Å². The first-order valence-corrected chi connectivity index (χ1v) is 8.89. The number of aliphatic hydroxyl groups is 1. The summed E-state index contributed by atoms with van der Waals surface area (Å²) >= 11 is 0. The third-order valence-electron chi connectivity index (χ3n) is 5.22. The van der Waals surface area contributed by atoms with Gasteiger partial charge in [0.05, 0.1) is 6.54 Å². The molecule has 1 aromatic rings. The van der Waals surface area contributed by atoms with Gasteiger partial charge in [0, 0.05) is 6.54 Å². The molecule has 2 saturated heterocycles. The van der Waals surface area contributed by atoms with Gasteiger partial charge in [-0.2, -0.15) is 0 Å². The summed E-state index contributed by atoms with van der Waals surface area (Å²) in [5.41, 5.74) is 3.16. The first-order chi connectivity index (χ1) is 11.9. The van der Waals surface area contributed by atoms with Crippen LogP contribution in [0.3, 0.4) is 0 Å². The van der Waals surface area contributed by atoms with E-state index in [2.05, 4.69) is 0 Å². The summed E-state index contributed by atoms with van der Waals surface area (Å²) in [5.74, 6) is 0.571. The molecule has 0 unspecified atom stereocenters. The van der Waals surface area contributed by atoms with Gasteiger partial charge in [-0.15, -0.1) is 0 Å². The minimum atomic E-state index is -0.909. The van der Waals surface area contributed by atoms with Crippen LogP contribution in [-0.4, -0.2) is 58.7 Å². The van der Waals surface area contributed by atoms with Gasteiger partial charge in [-0.25, -0.2) is 4.79 Å². The van der Waals surface area contributed by atoms with Crippen molar-refractivity contribution in [2.45, 2.75) is 52.2 Å². The molecule has 2 heterocycles. The van der Waals surface area contributed by atoms with Crippen LogP contribution in [0, 0.1) is 20.8 Å². The van der Waals surface area contributed by atoms with Crippen molar-refractivity contribution < 1.29 is 19.4 Å². The molecule has 136 valence electrons. The number of β-amino-alcohol motifs (C(OH)–C–C–N with tert-alkyl or cyclic N) is 1. The molecule has 0 radical (unpaired) electrons. The normalized spacial score (nSPS) is 21.5. The Hall–Kier alpha value is -2.08. The zero-order valence-electron chi connectivity index (χ0n) is 15.1. The van der Waals surface area contributed by atoms with E-state index >= 15 is 0 Å². The molecule has 3 rings (SSSR count). The monoisotopic (exact) mass is 346 g/mol. The van der Waals surface area contributed by atoms with E-state index in [1.165, 1.54) is 4.90 Å². The molecule has 0 saturated carbocycles. The van der Waals surface area contributed by atoms with E-state index in [-0.39, 0.29) is 31.1 Å². The van der Waals surface area contributed by atoms with E-state index in [1.807, 2.05) is 32.9 Å². The van der Waals surface area contributed by atoms with Crippen molar-refractivity contribution in [3.8, 4) is 5.75 Å². The lowest BCUT2D eigenvalue weighted by Crippen LogP contribution is -2.40. The third-order valence-corrected chi connectivity index (χ3v) is 5.22. The molecule has 0 bridgehead atoms. The van der Waals surface area contributed by atoms with Gasteiger partial charge in [0.1, 0.15) is 24.5 Å². The van der Waals surface area contributed by atoms with Gasteiger partial charge >= 0.3 is 6.03 Å². The van der Waals surface area contributed by atoms with Crippen molar-refractivity contribution in [3.63, 3.8) is 0 Å². The maximum atomic E-state index is 12.4. The third kappa shape index (κ3) is 3.35. The molecule has 1 aromatic carbocycles. The standard InChI is InChI=1S/C19H26N2O4/c1-12-7-8-13(2)17(14(12)3)25-11-15(22)10-21-18(23)16-6-4-5-9-20(16)19(21)24/h7-8,15-16,22H,4-6,9-11H2,1-3H3/t15-,16+/m0/s1. The number of hydrogen-bond acceptors (Lipinski definition) is 4. The van der Waals surface area contributed by atoms with Crippen LogP contribution >= 0.6 is 0 Å². The van der Waals surface area contributed by atoms with Crippen molar-refractivity contribution >= 4 is 11.9 Å². The highest BCUT2D eigenvalue weighted by Crippen LogP contribution is 2.28. The molecular formula is C19H26N2O4. The largest absolute Gasteiger partial charge is 0.490 e. The maximum absolute atomic E-state index is 12.4. The summed E-state index contributed by atoms with van der Waals surface area (Å²) < 4.78 is 5.80. The number of aliphatic hydroxyl groups excluding tert-OH is 1. The molecule has 0 aromatic heterocycles. The second-order valence-corrected chi connectivity index (χ2v) is 7.05. The molecule has 0 aliphatic carbocycles. The van der Waals surface area contributed by atoms with E-state index in [1.54, 1.807) is 4.90 Å². The van der Waals surface area contributed by atoms with Gasteiger partial charge in [-0.3, -0.25) is 9.69 Å². The number of imide groups is 1. The smallest absolute Gasteiger partial charge is 0.327 e. The number of amides is 3. The maximum Gasteiger partial charge on any atom is 0.327 e. The van der Waals surface area contributed by atoms with Crippen molar-refractivity contribution in [1.82, 2.24) is 9.80 Å². The van der Waals surface area contributed by atoms with Crippen molar-refractivity contribution in [3.05, 3.63) is 28.8 Å². The zero-order valence-corrected chi connectivity index (χ0v) is 15.1. The average Bonchev–Trinajstić information content (AvgIpc) is 2.84. The molecule has 3 amide bonds. The molecule has 2 aliphatic heterocycles. The van der Waals surface area contributed by atoms with E-state index in [4.69, 9.17) is 4.74 Å². The fourth-order valence-corrected chi connectivity index (χ4v) is 3.61. The number of nitrogens with zero attached hydrogens (tertiary/aromatic N) is 2. The van der Waals surface area contributed by atoms with Crippen molar-refractivity contribution in [2.75, 3.05) is 19.7 Å². The number of fused-ring (bicyclic) bond motifs is 1. The number of urea groups is 1. The molecule has 6 heteroatoms. The fraction of sp³-hybridized carbons (Fsp3) is 0.579. The highest BCUT2D eigenvalue weighted by molar-refractivity contribution is 6.04. The van der Waals surface area contributed by atoms with E-state index in [9.17, 15) is 14.7 Å². The average molecular weight is 346 g/mol. The lowest BCUT2D eigenvalue weighted by Gasteiger charge is -2.26. The molecule has 2 fully saturated rings. The molecule has 2 aliphatic rings. The summed E-state index contributed by atoms with van der Waals surface area (Å²) in [6.07, 6.45) is 1.70. The summed E-state index contributed by atoms with van der Waals surface area (Å²) in [6.45, 7) is 6.60. The van der Waals surface area contributed by atoms with Crippen LogP contribution in [-0.2, 0) is 4.79 Å². The Bertz CT molecular complexity index is 664. The van der Waals surface area contributed by atoms with Gasteiger partial charge in [0.25, 0.3) is 5.91 Å². The summed E-state index contributed by atoms with van der Waals surface area (Å²) in [7, 11) is 0. The Labute approximate surface area is 148 Å². The number of carbonyl (C=O) groups excluding carboxylic acids is 2. The molecular weight excluding hydrogens is 320 g/mol. The number of ether oxygens (including phenoxy) is 1. The van der Waals surface area contributed by atoms with Crippen LogP contribution in [0.25, 0.3) is 0 Å². The highest BCUT2D eigenvalue weighted by Gasteiger charge is 2.46. The Morgan fingerprint density at radius 1 is 1.20 bits per heavy atom. The van der Waals surface area contributed by atoms with Crippen LogP contribution in [0.1, 0.15) is 36.0 Å². The minimum absolute atomic E-state index is 0.0193. The fourth-order valence-electron chi connectivity index (χ4n) is 3.61. The number of aryl methyl sites for hydroxylation is 2. The lowest BCUT2D eigenvalue weighted by atomic mass is 10.0. The van der Waals surface area contributed by atoms with Crippen LogP contribution < -0.4 is 4.74 Å². The number of rotatable bonds is 5. The van der Waals surface area contributed by atoms with Crippen molar-refractivity contribution in [1.29, 1.82) is 0 Å². The number of hydrogen-bond donors (Lipinski definition) is 1. The lowest BCUT2D eigenvalue weighted by molar-refractivity contribution is -0.129. The first kappa shape index (κ1) is 17.7. The second-order valence-electron chi connectivity index (χ2n) is 7.05. The SMILES string of the molecule is Cc1ccc(C)c(OC[C@@H](O)CN2C(=O)[C@H]3CCCCN3C2=O)c1C. The quantitative estimate of drug-likeness (QED) is 0.830. The van der Waals surface area contributed by atoms with E-state index < -0.39 is 6.10 Å². The molecule has 2 atom stereocenters. The molecule has 0 spiro atoms. The Morgan fingerprint density at radius 3 is 2.64 bits per heavy atom. The van der Waals surface area contributed by atoms with Crippen LogP contribution in [0.5, 0.6) is 5.75 Å². The van der Waals surface area contributed by atoms with Gasteiger partial charge in [-0.05, 0) is 56.7 Å². The number of benzene rings is 1. The predicted octanol–water partition coefficient (Wildman–Crippen LogP) is 2.17. The van der Waals surface area contributed by atoms with Crippen LogP contribution in [0.4, 0.5) is 4.79 Å². The van der Waals surface area contributed by atoms with Gasteiger partial charge in [-0.1, -0.05) is 12.1 Å². The van der Waals surface area contributed by atoms with Gasteiger partial charge in [0.15, 0.2) is 0 Å². The highest BCUT2D eigenvalue weighted by atomic mass is 16.5. The Kier molecular flexibility index (Phi) is 4.99. The molecule has 1 N–H and O–H groups in total. The summed E-state index contributed by atoms with van der Waals surface area (Å²) in [4.78, 5) is 27.6. The molecule has 25 heavy (non-hydrogen) atoms. The van der Waals surface area contributed by atoms with E-state index in [0.29, 0.717) is 6.54 Å². The van der Waals surface area contributed by atoms with Crippen LogP contribution in [0.15, 0.2) is 12.1 Å². The summed E-state index contributed by atoms with van der Waals surface area (Å²) in [6, 6.07) is 3.40. The minimum Gasteiger partial charge on any atom is -0.490 e. The Balaban J connectivity index is 1.62. The van der Waals surface area contributed by atoms with Crippen LogP contribution in [0.2, 0.25) is 0 Å². The predicted molar refractivity (Wildman–Crippen MR) is 93.6 cm³/mol. The Morgan fingerprint density at radius 2 is 1.92 bits per heavy atom. The van der Waals surface area contributed by atoms with Gasteiger partial charge < -0.3 is 14.7 Å². The first-order valence-electron chi connectivity index (χ1n) is 8.89. The number of piperidine rings is 1. The van der Waals surface area contributed by atoms with Crippen molar-refractivity contribution in [2.24, 2.45) is 0 Å². The molecule has 6 nitrogen and oxygen atoms in total. The van der Waals surface area contributed by atoms with Gasteiger partial charge in [0.2, 0.25) is 0 Å². The topological polar surface area (TPSA) is 70.1 Å². The zero-order chi connectivity index (χ0) is 18.1. The second kappa shape index (κ2) is 7.04. The number of carbonyl (C=O) groups is 2.